The van der Waals surface area contributed by atoms with Crippen molar-refractivity contribution in [3.8, 4) is 0 Å². The summed E-state index contributed by atoms with van der Waals surface area (Å²) in [7, 11) is -2.06. The van der Waals surface area contributed by atoms with Gasteiger partial charge in [-0.1, -0.05) is 22.0 Å². The maximum absolute atomic E-state index is 12.6. The van der Waals surface area contributed by atoms with Crippen molar-refractivity contribution in [1.82, 2.24) is 19.5 Å². The van der Waals surface area contributed by atoms with Crippen LogP contribution in [-0.2, 0) is 16.6 Å². The number of aromatic amines is 1. The van der Waals surface area contributed by atoms with Gasteiger partial charge in [0.1, 0.15) is 5.82 Å². The van der Waals surface area contributed by atoms with Crippen LogP contribution in [0.4, 0.5) is 0 Å². The smallest absolute Gasteiger partial charge is 0.243 e. The van der Waals surface area contributed by atoms with E-state index in [0.29, 0.717) is 17.2 Å². The minimum Gasteiger partial charge on any atom is -0.263 e. The second-order valence-electron chi connectivity index (χ2n) is 4.51. The SMILES string of the molecule is Cc1nc(CN(C)S(=O)(=O)c2cc(Br)ccc2C)n[nH]1. The van der Waals surface area contributed by atoms with Gasteiger partial charge in [-0.15, -0.1) is 0 Å². The Bertz CT molecular complexity index is 727. The molecule has 0 amide bonds. The summed E-state index contributed by atoms with van der Waals surface area (Å²) in [5.41, 5.74) is 0.700. The lowest BCUT2D eigenvalue weighted by molar-refractivity contribution is 0.456. The normalized spacial score (nSPS) is 12.1. The molecule has 0 saturated carbocycles. The Morgan fingerprint density at radius 3 is 2.65 bits per heavy atom. The molecule has 0 bridgehead atoms. The zero-order chi connectivity index (χ0) is 14.9. The molecule has 0 aliphatic rings. The van der Waals surface area contributed by atoms with Crippen molar-refractivity contribution < 1.29 is 8.42 Å². The van der Waals surface area contributed by atoms with E-state index in [0.717, 1.165) is 4.47 Å². The number of halogens is 1. The molecule has 1 N–H and O–H groups in total. The molecule has 1 aromatic heterocycles. The third-order valence-corrected chi connectivity index (χ3v) is 5.28. The van der Waals surface area contributed by atoms with Crippen LogP contribution >= 0.6 is 15.9 Å². The summed E-state index contributed by atoms with van der Waals surface area (Å²) in [5.74, 6) is 1.10. The van der Waals surface area contributed by atoms with Crippen LogP contribution in [-0.4, -0.2) is 35.0 Å². The molecule has 0 saturated heterocycles. The Morgan fingerprint density at radius 2 is 2.05 bits per heavy atom. The van der Waals surface area contributed by atoms with Gasteiger partial charge in [0.2, 0.25) is 10.0 Å². The average Bonchev–Trinajstić information content (AvgIpc) is 2.77. The van der Waals surface area contributed by atoms with Gasteiger partial charge in [-0.3, -0.25) is 5.10 Å². The van der Waals surface area contributed by atoms with Crippen LogP contribution in [0.2, 0.25) is 0 Å². The number of nitrogens with zero attached hydrogens (tertiary/aromatic N) is 3. The lowest BCUT2D eigenvalue weighted by Gasteiger charge is -2.17. The Kier molecular flexibility index (Phi) is 4.26. The van der Waals surface area contributed by atoms with Gasteiger partial charge in [0, 0.05) is 11.5 Å². The third-order valence-electron chi connectivity index (χ3n) is 2.85. The average molecular weight is 359 g/mol. The van der Waals surface area contributed by atoms with Crippen molar-refractivity contribution in [2.45, 2.75) is 25.3 Å². The van der Waals surface area contributed by atoms with Gasteiger partial charge >= 0.3 is 0 Å². The number of aryl methyl sites for hydroxylation is 2. The van der Waals surface area contributed by atoms with E-state index in [1.165, 1.54) is 11.4 Å². The van der Waals surface area contributed by atoms with Crippen LogP contribution in [0.25, 0.3) is 0 Å². The first-order valence-electron chi connectivity index (χ1n) is 5.91. The van der Waals surface area contributed by atoms with Crippen LogP contribution in [0, 0.1) is 13.8 Å². The molecule has 0 aliphatic heterocycles. The van der Waals surface area contributed by atoms with Crippen LogP contribution in [0.3, 0.4) is 0 Å². The first-order chi connectivity index (χ1) is 9.30. The molecule has 1 heterocycles. The Labute approximate surface area is 126 Å². The number of benzene rings is 1. The number of nitrogens with one attached hydrogen (secondary N) is 1. The molecule has 2 aromatic rings. The minimum absolute atomic E-state index is 0.124. The lowest BCUT2D eigenvalue weighted by atomic mass is 10.2. The first kappa shape index (κ1) is 15.1. The number of H-pyrrole nitrogens is 1. The maximum Gasteiger partial charge on any atom is 0.243 e. The molecule has 8 heteroatoms. The van der Waals surface area contributed by atoms with Crippen molar-refractivity contribution in [3.05, 3.63) is 39.9 Å². The molecule has 108 valence electrons. The highest BCUT2D eigenvalue weighted by atomic mass is 79.9. The van der Waals surface area contributed by atoms with Gasteiger partial charge in [-0.25, -0.2) is 13.4 Å². The summed E-state index contributed by atoms with van der Waals surface area (Å²) >= 11 is 3.30. The molecule has 0 atom stereocenters. The molecule has 0 spiro atoms. The monoisotopic (exact) mass is 358 g/mol. The van der Waals surface area contributed by atoms with Crippen molar-refractivity contribution in [1.29, 1.82) is 0 Å². The minimum atomic E-state index is -3.57. The van der Waals surface area contributed by atoms with Crippen molar-refractivity contribution >= 4 is 26.0 Å². The van der Waals surface area contributed by atoms with Gasteiger partial charge in [-0.05, 0) is 31.5 Å². The van der Waals surface area contributed by atoms with Crippen LogP contribution in [0.1, 0.15) is 17.2 Å². The molecule has 20 heavy (non-hydrogen) atoms. The van der Waals surface area contributed by atoms with E-state index in [1.54, 1.807) is 26.0 Å². The molecule has 0 fully saturated rings. The number of rotatable bonds is 4. The highest BCUT2D eigenvalue weighted by Gasteiger charge is 2.24. The fourth-order valence-electron chi connectivity index (χ4n) is 1.76. The summed E-state index contributed by atoms with van der Waals surface area (Å²) in [5, 5.41) is 6.65. The molecule has 0 unspecified atom stereocenters. The summed E-state index contributed by atoms with van der Waals surface area (Å²) < 4.78 is 27.1. The lowest BCUT2D eigenvalue weighted by Crippen LogP contribution is -2.27. The highest BCUT2D eigenvalue weighted by Crippen LogP contribution is 2.23. The standard InChI is InChI=1S/C12H15BrN4O2S/c1-8-4-5-10(13)6-11(8)20(18,19)17(3)7-12-14-9(2)15-16-12/h4-6H,7H2,1-3H3,(H,14,15,16). The van der Waals surface area contributed by atoms with E-state index in [2.05, 4.69) is 31.1 Å². The molecular weight excluding hydrogens is 344 g/mol. The van der Waals surface area contributed by atoms with Crippen molar-refractivity contribution in [2.75, 3.05) is 7.05 Å². The molecule has 6 nitrogen and oxygen atoms in total. The zero-order valence-electron chi connectivity index (χ0n) is 11.4. The van der Waals surface area contributed by atoms with E-state index < -0.39 is 10.0 Å². The Balaban J connectivity index is 2.32. The topological polar surface area (TPSA) is 79.0 Å². The van der Waals surface area contributed by atoms with Gasteiger partial charge in [0.15, 0.2) is 5.82 Å². The molecule has 2 rings (SSSR count). The van der Waals surface area contributed by atoms with Crippen molar-refractivity contribution in [3.63, 3.8) is 0 Å². The van der Waals surface area contributed by atoms with E-state index >= 15 is 0 Å². The summed E-state index contributed by atoms with van der Waals surface area (Å²) in [4.78, 5) is 4.40. The third kappa shape index (κ3) is 3.08. The molecule has 1 aromatic carbocycles. The summed E-state index contributed by atoms with van der Waals surface area (Å²) in [6, 6.07) is 5.18. The zero-order valence-corrected chi connectivity index (χ0v) is 13.8. The van der Waals surface area contributed by atoms with Gasteiger partial charge < -0.3 is 0 Å². The van der Waals surface area contributed by atoms with Gasteiger partial charge in [0.25, 0.3) is 0 Å². The van der Waals surface area contributed by atoms with E-state index in [4.69, 9.17) is 0 Å². The van der Waals surface area contributed by atoms with Gasteiger partial charge in [-0.2, -0.15) is 9.40 Å². The highest BCUT2D eigenvalue weighted by molar-refractivity contribution is 9.10. The Hall–Kier alpha value is -1.25. The molecule has 0 radical (unpaired) electrons. The number of aromatic nitrogens is 3. The maximum atomic E-state index is 12.6. The first-order valence-corrected chi connectivity index (χ1v) is 8.14. The van der Waals surface area contributed by atoms with Crippen LogP contribution in [0.15, 0.2) is 27.6 Å². The fourth-order valence-corrected chi connectivity index (χ4v) is 3.65. The van der Waals surface area contributed by atoms with E-state index in [-0.39, 0.29) is 11.4 Å². The predicted molar refractivity (Wildman–Crippen MR) is 78.7 cm³/mol. The molecular formula is C12H15BrN4O2S. The van der Waals surface area contributed by atoms with Crippen LogP contribution in [0.5, 0.6) is 0 Å². The predicted octanol–water partition coefficient (Wildman–Crippen LogP) is 2.00. The van der Waals surface area contributed by atoms with Crippen LogP contribution < -0.4 is 0 Å². The van der Waals surface area contributed by atoms with Crippen molar-refractivity contribution in [2.24, 2.45) is 0 Å². The van der Waals surface area contributed by atoms with Gasteiger partial charge in [0.05, 0.1) is 11.4 Å². The van der Waals surface area contributed by atoms with E-state index in [1.807, 2.05) is 6.07 Å². The fraction of sp³-hybridized carbons (Fsp3) is 0.333. The second-order valence-corrected chi connectivity index (χ2v) is 7.44. The Morgan fingerprint density at radius 1 is 1.35 bits per heavy atom. The second kappa shape index (κ2) is 5.63. The van der Waals surface area contributed by atoms with E-state index in [9.17, 15) is 8.42 Å². The number of hydrogen-bond donors (Lipinski definition) is 1. The summed E-state index contributed by atoms with van der Waals surface area (Å²) in [6.45, 7) is 3.66. The largest absolute Gasteiger partial charge is 0.263 e. The number of sulfonamides is 1. The quantitative estimate of drug-likeness (QED) is 0.906. The number of hydrogen-bond acceptors (Lipinski definition) is 4. The molecule has 0 aliphatic carbocycles. The summed E-state index contributed by atoms with van der Waals surface area (Å²) in [6.07, 6.45) is 0.